The van der Waals surface area contributed by atoms with E-state index < -0.39 is 27.9 Å². The highest BCUT2D eigenvalue weighted by Crippen LogP contribution is 2.07. The highest BCUT2D eigenvalue weighted by Gasteiger charge is 2.29. The molecule has 0 aromatic carbocycles. The fraction of sp³-hybridized carbons (Fsp3) is 0.857. The summed E-state index contributed by atoms with van der Waals surface area (Å²) >= 11 is 0. The highest BCUT2D eigenvalue weighted by molar-refractivity contribution is 7.88. The second-order valence-electron chi connectivity index (χ2n) is 3.71. The molecule has 0 aromatic rings. The van der Waals surface area contributed by atoms with Crippen molar-refractivity contribution in [3.05, 3.63) is 0 Å². The largest absolute Gasteiger partial charge is 0.452 e. The Kier molecular flexibility index (Phi) is 4.50. The molecule has 7 nitrogen and oxygen atoms in total. The minimum Gasteiger partial charge on any atom is -0.452 e. The summed E-state index contributed by atoms with van der Waals surface area (Å²) in [6.07, 6.45) is -1.05. The summed E-state index contributed by atoms with van der Waals surface area (Å²) in [6, 6.07) is -0.410. The van der Waals surface area contributed by atoms with Gasteiger partial charge in [0.2, 0.25) is 0 Å². The Balaban J connectivity index is 4.59. The zero-order valence-electron chi connectivity index (χ0n) is 9.20. The van der Waals surface area contributed by atoms with Gasteiger partial charge in [0.15, 0.2) is 0 Å². The van der Waals surface area contributed by atoms with Crippen molar-refractivity contribution in [2.24, 2.45) is 5.73 Å². The van der Waals surface area contributed by atoms with E-state index in [2.05, 4.69) is 9.46 Å². The summed E-state index contributed by atoms with van der Waals surface area (Å²) in [7, 11) is -2.88. The molecule has 0 heterocycles. The number of carbonyl (C=O) groups is 1. The molecule has 1 unspecified atom stereocenters. The molecule has 0 aliphatic heterocycles. The van der Waals surface area contributed by atoms with Gasteiger partial charge in [-0.3, -0.25) is 0 Å². The topological polar surface area (TPSA) is 111 Å². The van der Waals surface area contributed by atoms with Gasteiger partial charge in [0.1, 0.15) is 0 Å². The molecule has 0 saturated carbocycles. The maximum absolute atomic E-state index is 11.3. The van der Waals surface area contributed by atoms with Gasteiger partial charge in [0, 0.05) is 11.6 Å². The van der Waals surface area contributed by atoms with Gasteiger partial charge in [-0.15, -0.1) is 0 Å². The third-order valence-electron chi connectivity index (χ3n) is 1.94. The predicted octanol–water partition coefficient (Wildman–Crippen LogP) is -0.697. The van der Waals surface area contributed by atoms with E-state index in [1.165, 1.54) is 0 Å². The van der Waals surface area contributed by atoms with Crippen molar-refractivity contribution in [1.82, 2.24) is 9.44 Å². The number of methoxy groups -OCH3 is 1. The number of rotatable bonds is 4. The van der Waals surface area contributed by atoms with Gasteiger partial charge >= 0.3 is 16.3 Å². The second-order valence-corrected chi connectivity index (χ2v) is 5.12. The highest BCUT2D eigenvalue weighted by atomic mass is 32.2. The quantitative estimate of drug-likeness (QED) is 0.601. The molecule has 0 aliphatic rings. The number of hydrogen-bond donors (Lipinski definition) is 3. The molecular formula is C7H17N3O4S. The lowest BCUT2D eigenvalue weighted by Crippen LogP contribution is -2.57. The fourth-order valence-corrected chi connectivity index (χ4v) is 1.85. The van der Waals surface area contributed by atoms with E-state index in [9.17, 15) is 13.2 Å². The van der Waals surface area contributed by atoms with Crippen molar-refractivity contribution in [1.29, 1.82) is 0 Å². The van der Waals surface area contributed by atoms with Gasteiger partial charge in [-0.05, 0) is 20.8 Å². The van der Waals surface area contributed by atoms with Crippen molar-refractivity contribution in [3.8, 4) is 0 Å². The van der Waals surface area contributed by atoms with E-state index in [0.717, 1.165) is 7.11 Å². The first-order valence-electron chi connectivity index (χ1n) is 4.26. The zero-order chi connectivity index (χ0) is 12.3. The molecule has 0 radical (unpaired) electrons. The van der Waals surface area contributed by atoms with Crippen LogP contribution in [0.5, 0.6) is 0 Å². The Bertz CT molecular complexity index is 323. The van der Waals surface area contributed by atoms with Crippen LogP contribution in [0.25, 0.3) is 0 Å². The van der Waals surface area contributed by atoms with Crippen LogP contribution >= 0.6 is 0 Å². The van der Waals surface area contributed by atoms with Crippen LogP contribution < -0.4 is 15.2 Å². The van der Waals surface area contributed by atoms with Crippen LogP contribution in [-0.4, -0.2) is 33.2 Å². The summed E-state index contributed by atoms with van der Waals surface area (Å²) in [6.45, 7) is 4.86. The van der Waals surface area contributed by atoms with E-state index in [4.69, 9.17) is 5.73 Å². The summed E-state index contributed by atoms with van der Waals surface area (Å²) in [4.78, 5) is 10.7. The molecule has 0 spiro atoms. The summed E-state index contributed by atoms with van der Waals surface area (Å²) < 4.78 is 30.7. The van der Waals surface area contributed by atoms with Gasteiger partial charge in [-0.25, -0.2) is 9.52 Å². The van der Waals surface area contributed by atoms with E-state index in [-0.39, 0.29) is 0 Å². The lowest BCUT2D eigenvalue weighted by atomic mass is 9.99. The number of nitrogens with two attached hydrogens (primary N) is 1. The molecule has 0 bridgehead atoms. The summed E-state index contributed by atoms with van der Waals surface area (Å²) in [5.41, 5.74) is 4.71. The number of carbonyl (C=O) groups excluding carboxylic acids is 1. The Morgan fingerprint density at radius 2 is 1.93 bits per heavy atom. The predicted molar refractivity (Wildman–Crippen MR) is 55.3 cm³/mol. The van der Waals surface area contributed by atoms with Crippen LogP contribution in [0.15, 0.2) is 0 Å². The first-order chi connectivity index (χ1) is 6.60. The minimum absolute atomic E-state index is 0.410. The second kappa shape index (κ2) is 4.77. The fourth-order valence-electron chi connectivity index (χ4n) is 0.616. The normalized spacial score (nSPS) is 14.5. The first kappa shape index (κ1) is 14.1. The summed E-state index contributed by atoms with van der Waals surface area (Å²) in [5.74, 6) is 0. The van der Waals surface area contributed by atoms with Crippen LogP contribution in [0.3, 0.4) is 0 Å². The number of ether oxygens (including phenoxy) is 1. The average Bonchev–Trinajstić information content (AvgIpc) is 2.00. The molecule has 4 N–H and O–H groups in total. The van der Waals surface area contributed by atoms with Crippen molar-refractivity contribution in [3.63, 3.8) is 0 Å². The number of hydrogen-bond acceptors (Lipinski definition) is 5. The van der Waals surface area contributed by atoms with Gasteiger partial charge in [-0.1, -0.05) is 0 Å². The Labute approximate surface area is 89.5 Å². The maximum atomic E-state index is 11.3. The minimum atomic E-state index is -3.95. The van der Waals surface area contributed by atoms with E-state index in [1.807, 2.05) is 0 Å². The van der Waals surface area contributed by atoms with Gasteiger partial charge in [0.25, 0.3) is 0 Å². The van der Waals surface area contributed by atoms with Crippen LogP contribution in [-0.2, 0) is 14.9 Å². The summed E-state index contributed by atoms with van der Waals surface area (Å²) in [5, 5.41) is 0. The molecule has 90 valence electrons. The Hall–Kier alpha value is -0.860. The van der Waals surface area contributed by atoms with Crippen LogP contribution in [0.4, 0.5) is 4.79 Å². The molecule has 0 aromatic heterocycles. The molecule has 0 saturated heterocycles. The maximum Gasteiger partial charge on any atom is 0.421 e. The van der Waals surface area contributed by atoms with Crippen LogP contribution in [0, 0.1) is 0 Å². The Morgan fingerprint density at radius 1 is 1.47 bits per heavy atom. The average molecular weight is 239 g/mol. The van der Waals surface area contributed by atoms with Crippen molar-refractivity contribution in [2.45, 2.75) is 32.4 Å². The van der Waals surface area contributed by atoms with Gasteiger partial charge in [-0.2, -0.15) is 13.1 Å². The SMILES string of the molecule is COC(=O)NS(=O)(=O)NC(C)(C)C(C)N. The van der Waals surface area contributed by atoms with Crippen LogP contribution in [0.1, 0.15) is 20.8 Å². The van der Waals surface area contributed by atoms with E-state index in [1.54, 1.807) is 25.5 Å². The van der Waals surface area contributed by atoms with Crippen molar-refractivity contribution in [2.75, 3.05) is 7.11 Å². The van der Waals surface area contributed by atoms with Gasteiger partial charge in [0.05, 0.1) is 7.11 Å². The molecule has 1 atom stereocenters. The molecule has 0 aliphatic carbocycles. The lowest BCUT2D eigenvalue weighted by molar-refractivity contribution is 0.177. The van der Waals surface area contributed by atoms with E-state index in [0.29, 0.717) is 0 Å². The third kappa shape index (κ3) is 4.96. The molecular weight excluding hydrogens is 222 g/mol. The van der Waals surface area contributed by atoms with E-state index >= 15 is 0 Å². The molecule has 1 amide bonds. The van der Waals surface area contributed by atoms with Crippen molar-refractivity contribution < 1.29 is 17.9 Å². The molecule has 0 rings (SSSR count). The molecule has 0 fully saturated rings. The van der Waals surface area contributed by atoms with Gasteiger partial charge < -0.3 is 10.5 Å². The first-order valence-corrected chi connectivity index (χ1v) is 5.74. The molecule has 8 heteroatoms. The Morgan fingerprint density at radius 3 is 2.27 bits per heavy atom. The van der Waals surface area contributed by atoms with Crippen molar-refractivity contribution >= 4 is 16.3 Å². The third-order valence-corrected chi connectivity index (χ3v) is 3.17. The number of nitrogens with one attached hydrogen (secondary N) is 2. The lowest BCUT2D eigenvalue weighted by Gasteiger charge is -2.29. The monoisotopic (exact) mass is 239 g/mol. The molecule has 15 heavy (non-hydrogen) atoms. The smallest absolute Gasteiger partial charge is 0.421 e. The number of amides is 1. The standard InChI is InChI=1S/C7H17N3O4S/c1-5(8)7(2,3)10-15(12,13)9-6(11)14-4/h5,10H,8H2,1-4H3,(H,9,11). The zero-order valence-corrected chi connectivity index (χ0v) is 10.0. The van der Waals surface area contributed by atoms with Crippen LogP contribution in [0.2, 0.25) is 0 Å².